The predicted molar refractivity (Wildman–Crippen MR) is 83.9 cm³/mol. The van der Waals surface area contributed by atoms with E-state index in [4.69, 9.17) is 0 Å². The lowest BCUT2D eigenvalue weighted by Crippen LogP contribution is -2.48. The molecule has 116 valence electrons. The number of amides is 1. The van der Waals surface area contributed by atoms with Crippen molar-refractivity contribution < 1.29 is 9.90 Å². The predicted octanol–water partition coefficient (Wildman–Crippen LogP) is 2.25. The first kappa shape index (κ1) is 14.8. The Morgan fingerprint density at radius 1 is 1.32 bits per heavy atom. The molecular formula is C17H21N3O2. The number of aromatic nitrogens is 2. The van der Waals surface area contributed by atoms with Crippen molar-refractivity contribution >= 4 is 5.91 Å². The second kappa shape index (κ2) is 5.57. The fourth-order valence-electron chi connectivity index (χ4n) is 3.10. The van der Waals surface area contributed by atoms with Gasteiger partial charge >= 0.3 is 0 Å². The third kappa shape index (κ3) is 2.76. The van der Waals surface area contributed by atoms with Crippen LogP contribution in [-0.2, 0) is 0 Å². The summed E-state index contributed by atoms with van der Waals surface area (Å²) in [5, 5.41) is 10.2. The van der Waals surface area contributed by atoms with Gasteiger partial charge in [0.25, 0.3) is 5.91 Å². The van der Waals surface area contributed by atoms with Gasteiger partial charge in [-0.15, -0.1) is 0 Å². The molecule has 5 heteroatoms. The van der Waals surface area contributed by atoms with Gasteiger partial charge in [0.1, 0.15) is 0 Å². The summed E-state index contributed by atoms with van der Waals surface area (Å²) in [7, 11) is 0. The van der Waals surface area contributed by atoms with Gasteiger partial charge < -0.3 is 14.6 Å². The van der Waals surface area contributed by atoms with Crippen LogP contribution in [-0.4, -0.2) is 43.7 Å². The quantitative estimate of drug-likeness (QED) is 0.945. The molecule has 5 nitrogen and oxygen atoms in total. The van der Waals surface area contributed by atoms with Crippen LogP contribution in [0.15, 0.2) is 43.0 Å². The molecule has 1 N–H and O–H groups in total. The lowest BCUT2D eigenvalue weighted by molar-refractivity contribution is 0.000336. The summed E-state index contributed by atoms with van der Waals surface area (Å²) >= 11 is 0. The van der Waals surface area contributed by atoms with Gasteiger partial charge in [-0.1, -0.05) is 0 Å². The van der Waals surface area contributed by atoms with Crippen LogP contribution in [0, 0.1) is 0 Å². The first-order valence-electron chi connectivity index (χ1n) is 7.58. The van der Waals surface area contributed by atoms with Gasteiger partial charge in [0.05, 0.1) is 18.0 Å². The zero-order valence-corrected chi connectivity index (χ0v) is 12.9. The molecule has 0 spiro atoms. The minimum Gasteiger partial charge on any atom is -0.388 e. The molecule has 2 aromatic rings. The molecule has 1 aliphatic rings. The molecule has 1 amide bonds. The number of aliphatic hydroxyl groups is 1. The first-order chi connectivity index (χ1) is 10.5. The standard InChI is InChI=1S/C17H21N3O2/c1-17(2,22)15-4-3-10-20(15)16(21)13-5-7-14(8-6-13)19-11-9-18-12-19/h5-9,11-12,15,22H,3-4,10H2,1-2H3. The summed E-state index contributed by atoms with van der Waals surface area (Å²) in [4.78, 5) is 18.5. The number of imidazole rings is 1. The van der Waals surface area contributed by atoms with Crippen molar-refractivity contribution in [1.29, 1.82) is 0 Å². The number of carbonyl (C=O) groups excluding carboxylic acids is 1. The average Bonchev–Trinajstić information content (AvgIpc) is 3.17. The smallest absolute Gasteiger partial charge is 0.254 e. The molecule has 1 saturated heterocycles. The first-order valence-corrected chi connectivity index (χ1v) is 7.58. The zero-order valence-electron chi connectivity index (χ0n) is 12.9. The van der Waals surface area contributed by atoms with Crippen LogP contribution < -0.4 is 0 Å². The molecule has 1 unspecified atom stereocenters. The van der Waals surface area contributed by atoms with Crippen LogP contribution in [0.1, 0.15) is 37.0 Å². The molecule has 0 aliphatic carbocycles. The second-order valence-corrected chi connectivity index (χ2v) is 6.33. The lowest BCUT2D eigenvalue weighted by Gasteiger charge is -2.33. The fourth-order valence-corrected chi connectivity index (χ4v) is 3.10. The van der Waals surface area contributed by atoms with Crippen molar-refractivity contribution in [2.45, 2.75) is 38.3 Å². The highest BCUT2D eigenvalue weighted by Gasteiger charge is 2.38. The van der Waals surface area contributed by atoms with E-state index in [1.807, 2.05) is 35.0 Å². The van der Waals surface area contributed by atoms with Gasteiger partial charge in [0.2, 0.25) is 0 Å². The second-order valence-electron chi connectivity index (χ2n) is 6.33. The Hall–Kier alpha value is -2.14. The van der Waals surface area contributed by atoms with Gasteiger partial charge in [-0.3, -0.25) is 4.79 Å². The number of hydrogen-bond acceptors (Lipinski definition) is 3. The number of rotatable bonds is 3. The lowest BCUT2D eigenvalue weighted by atomic mass is 9.96. The Morgan fingerprint density at radius 2 is 2.05 bits per heavy atom. The maximum absolute atomic E-state index is 12.7. The van der Waals surface area contributed by atoms with Crippen LogP contribution in [0.2, 0.25) is 0 Å². The molecule has 0 bridgehead atoms. The van der Waals surface area contributed by atoms with E-state index in [0.29, 0.717) is 12.1 Å². The normalized spacial score (nSPS) is 18.7. The molecule has 1 atom stereocenters. The van der Waals surface area contributed by atoms with Crippen LogP contribution in [0.5, 0.6) is 0 Å². The number of benzene rings is 1. The SMILES string of the molecule is CC(C)(O)C1CCCN1C(=O)c1ccc(-n2ccnc2)cc1. The maximum Gasteiger partial charge on any atom is 0.254 e. The number of carbonyl (C=O) groups is 1. The summed E-state index contributed by atoms with van der Waals surface area (Å²) in [6, 6.07) is 7.36. The third-order valence-electron chi connectivity index (χ3n) is 4.25. The van der Waals surface area contributed by atoms with Gasteiger partial charge in [-0.05, 0) is 51.0 Å². The average molecular weight is 299 g/mol. The van der Waals surface area contributed by atoms with Crippen molar-refractivity contribution in [3.63, 3.8) is 0 Å². The topological polar surface area (TPSA) is 58.4 Å². The fraction of sp³-hybridized carbons (Fsp3) is 0.412. The third-order valence-corrected chi connectivity index (χ3v) is 4.25. The molecule has 3 rings (SSSR count). The Labute approximate surface area is 130 Å². The maximum atomic E-state index is 12.7. The van der Waals surface area contributed by atoms with Crippen molar-refractivity contribution in [1.82, 2.24) is 14.5 Å². The van der Waals surface area contributed by atoms with E-state index in [-0.39, 0.29) is 11.9 Å². The van der Waals surface area contributed by atoms with Gasteiger partial charge in [-0.25, -0.2) is 4.98 Å². The summed E-state index contributed by atoms with van der Waals surface area (Å²) in [6.45, 7) is 4.24. The molecule has 1 fully saturated rings. The highest BCUT2D eigenvalue weighted by molar-refractivity contribution is 5.94. The van der Waals surface area contributed by atoms with Crippen molar-refractivity contribution in [3.05, 3.63) is 48.5 Å². The number of hydrogen-bond donors (Lipinski definition) is 1. The number of nitrogens with zero attached hydrogens (tertiary/aromatic N) is 3. The molecule has 1 aromatic heterocycles. The van der Waals surface area contributed by atoms with E-state index in [9.17, 15) is 9.90 Å². The van der Waals surface area contributed by atoms with Crippen LogP contribution in [0.4, 0.5) is 0 Å². The van der Waals surface area contributed by atoms with E-state index in [2.05, 4.69) is 4.98 Å². The summed E-state index contributed by atoms with van der Waals surface area (Å²) in [5.74, 6) is -0.0122. The van der Waals surface area contributed by atoms with Gasteiger partial charge in [0.15, 0.2) is 0 Å². The zero-order chi connectivity index (χ0) is 15.7. The van der Waals surface area contributed by atoms with Crippen molar-refractivity contribution in [2.24, 2.45) is 0 Å². The van der Waals surface area contributed by atoms with Gasteiger partial charge in [0, 0.05) is 30.2 Å². The van der Waals surface area contributed by atoms with E-state index in [1.54, 1.807) is 31.3 Å². The van der Waals surface area contributed by atoms with Crippen molar-refractivity contribution in [3.8, 4) is 5.69 Å². The Balaban J connectivity index is 1.80. The highest BCUT2D eigenvalue weighted by atomic mass is 16.3. The summed E-state index contributed by atoms with van der Waals surface area (Å²) in [5.41, 5.74) is 0.748. The monoisotopic (exact) mass is 299 g/mol. The Kier molecular flexibility index (Phi) is 3.74. The summed E-state index contributed by atoms with van der Waals surface area (Å²) in [6.07, 6.45) is 7.09. The van der Waals surface area contributed by atoms with E-state index in [0.717, 1.165) is 18.5 Å². The molecule has 2 heterocycles. The molecule has 22 heavy (non-hydrogen) atoms. The van der Waals surface area contributed by atoms with E-state index in [1.165, 1.54) is 0 Å². The molecular weight excluding hydrogens is 278 g/mol. The Morgan fingerprint density at radius 3 is 2.64 bits per heavy atom. The van der Waals surface area contributed by atoms with Crippen LogP contribution in [0.3, 0.4) is 0 Å². The minimum absolute atomic E-state index is 0.0122. The number of likely N-dealkylation sites (tertiary alicyclic amines) is 1. The van der Waals surface area contributed by atoms with E-state index >= 15 is 0 Å². The largest absolute Gasteiger partial charge is 0.388 e. The Bertz CT molecular complexity index is 642. The van der Waals surface area contributed by atoms with Gasteiger partial charge in [-0.2, -0.15) is 0 Å². The van der Waals surface area contributed by atoms with Crippen LogP contribution in [0.25, 0.3) is 5.69 Å². The molecule has 1 aromatic carbocycles. The highest BCUT2D eigenvalue weighted by Crippen LogP contribution is 2.28. The summed E-state index contributed by atoms with van der Waals surface area (Å²) < 4.78 is 1.89. The minimum atomic E-state index is -0.872. The van der Waals surface area contributed by atoms with E-state index < -0.39 is 5.60 Å². The molecule has 0 radical (unpaired) electrons. The van der Waals surface area contributed by atoms with Crippen LogP contribution >= 0.6 is 0 Å². The molecule has 0 saturated carbocycles. The van der Waals surface area contributed by atoms with Crippen molar-refractivity contribution in [2.75, 3.05) is 6.54 Å². The molecule has 1 aliphatic heterocycles.